The van der Waals surface area contributed by atoms with E-state index in [1.54, 1.807) is 24.3 Å². The molecule has 0 amide bonds. The molecule has 0 radical (unpaired) electrons. The van der Waals surface area contributed by atoms with Crippen molar-refractivity contribution in [2.75, 3.05) is 0 Å². The van der Waals surface area contributed by atoms with Crippen molar-refractivity contribution in [3.63, 3.8) is 0 Å². The predicted octanol–water partition coefficient (Wildman–Crippen LogP) is 4.00. The van der Waals surface area contributed by atoms with Crippen LogP contribution >= 0.6 is 0 Å². The van der Waals surface area contributed by atoms with Crippen LogP contribution in [-0.2, 0) is 6.61 Å². The number of aliphatic hydroxyl groups excluding tert-OH is 1. The lowest BCUT2D eigenvalue weighted by Gasteiger charge is -2.00. The number of aliphatic hydroxyl groups is 1. The van der Waals surface area contributed by atoms with Gasteiger partial charge < -0.3 is 5.11 Å². The average Bonchev–Trinajstić information content (AvgIpc) is 2.69. The summed E-state index contributed by atoms with van der Waals surface area (Å²) in [5.74, 6) is -0.138. The Morgan fingerprint density at radius 2 is 1.28 bits per heavy atom. The molecule has 0 aliphatic rings. The van der Waals surface area contributed by atoms with E-state index in [2.05, 4.69) is 0 Å². The minimum Gasteiger partial charge on any atom is -0.392 e. The first-order chi connectivity index (χ1) is 12.1. The highest BCUT2D eigenvalue weighted by molar-refractivity contribution is 6.09. The van der Waals surface area contributed by atoms with Crippen LogP contribution < -0.4 is 0 Å². The van der Waals surface area contributed by atoms with Crippen molar-refractivity contribution in [2.45, 2.75) is 6.61 Å². The summed E-state index contributed by atoms with van der Waals surface area (Å²) < 4.78 is 0. The Bertz CT molecular complexity index is 815. The second-order valence-corrected chi connectivity index (χ2v) is 5.14. The van der Waals surface area contributed by atoms with E-state index >= 15 is 0 Å². The highest BCUT2D eigenvalue weighted by Gasteiger charge is 2.10. The monoisotopic (exact) mass is 335 g/mol. The van der Waals surface area contributed by atoms with Crippen LogP contribution in [0, 0.1) is 10.1 Å². The Balaban J connectivity index is 0.000000236. The van der Waals surface area contributed by atoms with Gasteiger partial charge in [0.05, 0.1) is 11.5 Å². The number of carbonyl (C=O) groups excluding carboxylic acids is 1. The molecule has 3 aromatic carbocycles. The molecule has 0 aromatic heterocycles. The summed E-state index contributed by atoms with van der Waals surface area (Å²) in [5, 5.41) is 19.0. The lowest BCUT2D eigenvalue weighted by molar-refractivity contribution is -0.384. The molecule has 1 N–H and O–H groups in total. The lowest BCUT2D eigenvalue weighted by Crippen LogP contribution is -2.00. The van der Waals surface area contributed by atoms with Gasteiger partial charge in [0.25, 0.3) is 5.69 Å². The molecule has 0 aliphatic carbocycles. The largest absolute Gasteiger partial charge is 0.392 e. The zero-order valence-corrected chi connectivity index (χ0v) is 13.4. The van der Waals surface area contributed by atoms with Crippen molar-refractivity contribution in [3.05, 3.63) is 112 Å². The molecule has 0 fully saturated rings. The van der Waals surface area contributed by atoms with E-state index < -0.39 is 4.92 Å². The number of benzene rings is 3. The number of nitro benzene ring substituents is 1. The van der Waals surface area contributed by atoms with Gasteiger partial charge in [-0.05, 0) is 17.7 Å². The van der Waals surface area contributed by atoms with Crippen molar-refractivity contribution in [2.24, 2.45) is 0 Å². The van der Waals surface area contributed by atoms with Gasteiger partial charge in [-0.25, -0.2) is 0 Å². The van der Waals surface area contributed by atoms with E-state index in [1.807, 2.05) is 36.4 Å². The summed E-state index contributed by atoms with van der Waals surface area (Å²) in [6.07, 6.45) is 0. The van der Waals surface area contributed by atoms with Crippen molar-refractivity contribution < 1.29 is 14.8 Å². The molecule has 0 heterocycles. The topological polar surface area (TPSA) is 80.4 Å². The van der Waals surface area contributed by atoms with Crippen LogP contribution in [0.4, 0.5) is 5.69 Å². The first-order valence-corrected chi connectivity index (χ1v) is 7.61. The maximum Gasteiger partial charge on any atom is 0.269 e. The number of rotatable bonds is 4. The van der Waals surface area contributed by atoms with E-state index in [0.717, 1.165) is 5.56 Å². The van der Waals surface area contributed by atoms with E-state index in [1.165, 1.54) is 24.3 Å². The van der Waals surface area contributed by atoms with Crippen LogP contribution in [-0.4, -0.2) is 15.8 Å². The Labute approximate surface area is 145 Å². The van der Waals surface area contributed by atoms with Crippen LogP contribution in [0.3, 0.4) is 0 Å². The summed E-state index contributed by atoms with van der Waals surface area (Å²) in [6, 6.07) is 23.9. The molecule has 0 saturated heterocycles. The van der Waals surface area contributed by atoms with Crippen LogP contribution in [0.15, 0.2) is 84.9 Å². The smallest absolute Gasteiger partial charge is 0.269 e. The molecular formula is C20H17NO4. The third kappa shape index (κ3) is 5.37. The van der Waals surface area contributed by atoms with Crippen molar-refractivity contribution in [3.8, 4) is 0 Å². The predicted molar refractivity (Wildman–Crippen MR) is 95.3 cm³/mol. The molecule has 0 saturated carbocycles. The number of nitrogens with zero attached hydrogens (tertiary/aromatic N) is 1. The maximum atomic E-state index is 12.0. The minimum atomic E-state index is -0.489. The number of ketones is 1. The summed E-state index contributed by atoms with van der Waals surface area (Å²) in [5.41, 5.74) is 1.96. The number of carbonyl (C=O) groups is 1. The van der Waals surface area contributed by atoms with Gasteiger partial charge in [0.15, 0.2) is 5.78 Å². The lowest BCUT2D eigenvalue weighted by atomic mass is 10.0. The van der Waals surface area contributed by atoms with Crippen LogP contribution in [0.25, 0.3) is 0 Å². The van der Waals surface area contributed by atoms with Gasteiger partial charge in [0, 0.05) is 23.3 Å². The van der Waals surface area contributed by atoms with Gasteiger partial charge in [0.2, 0.25) is 0 Å². The molecular weight excluding hydrogens is 318 g/mol. The van der Waals surface area contributed by atoms with Crippen LogP contribution in [0.2, 0.25) is 0 Å². The van der Waals surface area contributed by atoms with E-state index in [-0.39, 0.29) is 18.1 Å². The summed E-state index contributed by atoms with van der Waals surface area (Å²) in [6.45, 7) is 0.140. The minimum absolute atomic E-state index is 0.0189. The molecule has 3 aromatic rings. The van der Waals surface area contributed by atoms with Gasteiger partial charge in [-0.3, -0.25) is 14.9 Å². The normalized spacial score (nSPS) is 9.64. The molecule has 0 unspecified atom stereocenters. The summed E-state index contributed by atoms with van der Waals surface area (Å²) in [7, 11) is 0. The second-order valence-electron chi connectivity index (χ2n) is 5.14. The Morgan fingerprint density at radius 3 is 1.72 bits per heavy atom. The van der Waals surface area contributed by atoms with Crippen LogP contribution in [0.5, 0.6) is 0 Å². The zero-order valence-electron chi connectivity index (χ0n) is 13.4. The average molecular weight is 335 g/mol. The van der Waals surface area contributed by atoms with E-state index in [9.17, 15) is 14.9 Å². The van der Waals surface area contributed by atoms with E-state index in [0.29, 0.717) is 11.1 Å². The van der Waals surface area contributed by atoms with Gasteiger partial charge in [-0.15, -0.1) is 0 Å². The number of hydrogen-bond acceptors (Lipinski definition) is 4. The molecule has 5 heteroatoms. The van der Waals surface area contributed by atoms with Crippen molar-refractivity contribution >= 4 is 11.5 Å². The fourth-order valence-electron chi connectivity index (χ4n) is 2.07. The fraction of sp³-hybridized carbons (Fsp3) is 0.0500. The number of hydrogen-bond donors (Lipinski definition) is 1. The standard InChI is InChI=1S/C13H9NO3.C7H8O/c15-13(10-4-2-1-3-5-10)11-6-8-12(9-7-11)14(16)17;8-6-7-4-2-1-3-5-7/h1-9H;1-5,8H,6H2. The van der Waals surface area contributed by atoms with Crippen molar-refractivity contribution in [1.82, 2.24) is 0 Å². The number of non-ortho nitro benzene ring substituents is 1. The molecule has 3 rings (SSSR count). The third-order valence-corrected chi connectivity index (χ3v) is 3.40. The molecule has 0 aliphatic heterocycles. The second kappa shape index (κ2) is 9.10. The quantitative estimate of drug-likeness (QED) is 0.444. The molecule has 0 atom stereocenters. The highest BCUT2D eigenvalue weighted by atomic mass is 16.6. The first-order valence-electron chi connectivity index (χ1n) is 7.61. The van der Waals surface area contributed by atoms with Gasteiger partial charge >= 0.3 is 0 Å². The zero-order chi connectivity index (χ0) is 18.1. The fourth-order valence-corrected chi connectivity index (χ4v) is 2.07. The Morgan fingerprint density at radius 1 is 0.800 bits per heavy atom. The third-order valence-electron chi connectivity index (χ3n) is 3.40. The molecule has 0 bridgehead atoms. The first kappa shape index (κ1) is 18.0. The Kier molecular flexibility index (Phi) is 6.56. The molecule has 25 heavy (non-hydrogen) atoms. The highest BCUT2D eigenvalue weighted by Crippen LogP contribution is 2.15. The number of nitro groups is 1. The summed E-state index contributed by atoms with van der Waals surface area (Å²) >= 11 is 0. The van der Waals surface area contributed by atoms with Gasteiger partial charge in [0.1, 0.15) is 0 Å². The summed E-state index contributed by atoms with van der Waals surface area (Å²) in [4.78, 5) is 21.9. The van der Waals surface area contributed by atoms with Crippen molar-refractivity contribution in [1.29, 1.82) is 0 Å². The SMILES string of the molecule is O=C(c1ccccc1)c1ccc([N+](=O)[O-])cc1.OCc1ccccc1. The molecule has 126 valence electrons. The molecule has 5 nitrogen and oxygen atoms in total. The van der Waals surface area contributed by atoms with E-state index in [4.69, 9.17) is 5.11 Å². The molecule has 0 spiro atoms. The van der Waals surface area contributed by atoms with Gasteiger partial charge in [-0.2, -0.15) is 0 Å². The maximum absolute atomic E-state index is 12.0. The van der Waals surface area contributed by atoms with Gasteiger partial charge in [-0.1, -0.05) is 60.7 Å². The van der Waals surface area contributed by atoms with Crippen LogP contribution in [0.1, 0.15) is 21.5 Å². The Hall–Kier alpha value is -3.31.